The van der Waals surface area contributed by atoms with Gasteiger partial charge in [-0.25, -0.2) is 9.37 Å². The number of carbonyl (C=O) groups is 1. The maximum atomic E-state index is 14.2. The molecule has 0 aliphatic carbocycles. The second-order valence-corrected chi connectivity index (χ2v) is 6.92. The summed E-state index contributed by atoms with van der Waals surface area (Å²) in [4.78, 5) is 15.3. The van der Waals surface area contributed by atoms with Crippen molar-refractivity contribution in [3.63, 3.8) is 0 Å². The van der Waals surface area contributed by atoms with Crippen LogP contribution >= 0.6 is 0 Å². The molecule has 1 amide bonds. The molecule has 6 nitrogen and oxygen atoms in total. The number of hydrogen-bond donors (Lipinski definition) is 1. The van der Waals surface area contributed by atoms with E-state index in [4.69, 9.17) is 13.9 Å². The Morgan fingerprint density at radius 1 is 1.19 bits per heavy atom. The van der Waals surface area contributed by atoms with Crippen LogP contribution in [-0.2, 0) is 4.79 Å². The average molecular weight is 440 g/mol. The van der Waals surface area contributed by atoms with Crippen molar-refractivity contribution in [2.75, 3.05) is 13.2 Å². The van der Waals surface area contributed by atoms with Crippen molar-refractivity contribution in [2.45, 2.75) is 32.5 Å². The fraction of sp³-hybridized carbons (Fsp3) is 0.333. The predicted molar refractivity (Wildman–Crippen MR) is 104 cm³/mol. The third-order valence-corrected chi connectivity index (χ3v) is 4.13. The minimum absolute atomic E-state index is 0.138. The van der Waals surface area contributed by atoms with Crippen molar-refractivity contribution in [3.8, 4) is 23.0 Å². The summed E-state index contributed by atoms with van der Waals surface area (Å²) in [6.07, 6.45) is -5.55. The van der Waals surface area contributed by atoms with Crippen LogP contribution in [0.2, 0.25) is 0 Å². The number of nitrogens with zero attached hydrogens (tertiary/aromatic N) is 1. The molecule has 0 unspecified atom stereocenters. The highest BCUT2D eigenvalue weighted by Crippen LogP contribution is 2.30. The Morgan fingerprint density at radius 2 is 1.97 bits per heavy atom. The first-order valence-corrected chi connectivity index (χ1v) is 9.41. The summed E-state index contributed by atoms with van der Waals surface area (Å²) in [6.45, 7) is 2.80. The third-order valence-electron chi connectivity index (χ3n) is 4.13. The zero-order valence-corrected chi connectivity index (χ0v) is 16.8. The normalized spacial score (nSPS) is 12.6. The Morgan fingerprint density at radius 3 is 2.65 bits per heavy atom. The Bertz CT molecular complexity index is 1070. The summed E-state index contributed by atoms with van der Waals surface area (Å²) in [6, 6.07) is 8.56. The monoisotopic (exact) mass is 440 g/mol. The molecular weight excluding hydrogens is 420 g/mol. The molecule has 0 bridgehead atoms. The molecule has 1 heterocycles. The first-order chi connectivity index (χ1) is 14.6. The van der Waals surface area contributed by atoms with Gasteiger partial charge in [-0.2, -0.15) is 13.2 Å². The van der Waals surface area contributed by atoms with E-state index in [1.54, 1.807) is 25.1 Å². The van der Waals surface area contributed by atoms with Gasteiger partial charge in [0.2, 0.25) is 11.8 Å². The average Bonchev–Trinajstić information content (AvgIpc) is 3.09. The van der Waals surface area contributed by atoms with Crippen LogP contribution in [0.1, 0.15) is 20.3 Å². The highest BCUT2D eigenvalue weighted by Gasteiger charge is 2.27. The van der Waals surface area contributed by atoms with Crippen LogP contribution in [0.4, 0.5) is 17.6 Å². The standard InChI is InChI=1S/C21H20F4N2O4/c1-12(26-13(2)28)11-30-15-4-5-17-19(10-15)31-20(27-17)14-3-6-18(16(22)9-14)29-8-7-21(23,24)25/h3-6,9-10,12H,7-8,11H2,1-2H3,(H,26,28)/t12-/m0/s1. The lowest BCUT2D eigenvalue weighted by Gasteiger charge is -2.13. The van der Waals surface area contributed by atoms with Gasteiger partial charge in [-0.05, 0) is 37.3 Å². The van der Waals surface area contributed by atoms with Gasteiger partial charge in [0.1, 0.15) is 17.9 Å². The molecule has 0 fully saturated rings. The van der Waals surface area contributed by atoms with E-state index in [1.807, 2.05) is 0 Å². The van der Waals surface area contributed by atoms with Crippen molar-refractivity contribution >= 4 is 17.0 Å². The number of nitrogens with one attached hydrogen (secondary N) is 1. The highest BCUT2D eigenvalue weighted by atomic mass is 19.4. The number of carbonyl (C=O) groups excluding carboxylic acids is 1. The maximum Gasteiger partial charge on any atom is 0.392 e. The van der Waals surface area contributed by atoms with Crippen LogP contribution in [0.5, 0.6) is 11.5 Å². The molecule has 10 heteroatoms. The molecule has 0 saturated heterocycles. The fourth-order valence-corrected chi connectivity index (χ4v) is 2.76. The molecule has 0 aliphatic heterocycles. The number of aromatic nitrogens is 1. The zero-order valence-electron chi connectivity index (χ0n) is 16.8. The molecular formula is C21H20F4N2O4. The lowest BCUT2D eigenvalue weighted by Crippen LogP contribution is -2.35. The summed E-state index contributed by atoms with van der Waals surface area (Å²) in [5, 5.41) is 2.70. The Balaban J connectivity index is 1.70. The van der Waals surface area contributed by atoms with Gasteiger partial charge >= 0.3 is 6.18 Å². The van der Waals surface area contributed by atoms with Crippen molar-refractivity contribution in [1.29, 1.82) is 0 Å². The third kappa shape index (κ3) is 6.34. The molecule has 3 rings (SSSR count). The van der Waals surface area contributed by atoms with E-state index in [9.17, 15) is 22.4 Å². The van der Waals surface area contributed by atoms with Crippen LogP contribution < -0.4 is 14.8 Å². The number of alkyl halides is 3. The SMILES string of the molecule is CC(=O)N[C@@H](C)COc1ccc2nc(-c3ccc(OCCC(F)(F)F)c(F)c3)oc2c1. The molecule has 1 atom stereocenters. The van der Waals surface area contributed by atoms with Crippen molar-refractivity contribution in [3.05, 3.63) is 42.2 Å². The molecule has 31 heavy (non-hydrogen) atoms. The number of fused-ring (bicyclic) bond motifs is 1. The number of halogens is 4. The minimum atomic E-state index is -4.38. The Labute approximate surface area is 175 Å². The van der Waals surface area contributed by atoms with Gasteiger partial charge in [0.25, 0.3) is 0 Å². The van der Waals surface area contributed by atoms with E-state index in [0.717, 1.165) is 6.07 Å². The van der Waals surface area contributed by atoms with E-state index in [0.29, 0.717) is 22.4 Å². The molecule has 0 spiro atoms. The van der Waals surface area contributed by atoms with E-state index < -0.39 is 25.0 Å². The van der Waals surface area contributed by atoms with Crippen LogP contribution in [0, 0.1) is 5.82 Å². The molecule has 0 aliphatic rings. The lowest BCUT2D eigenvalue weighted by atomic mass is 10.2. The number of benzene rings is 2. The zero-order chi connectivity index (χ0) is 22.6. The molecule has 1 aromatic heterocycles. The van der Waals surface area contributed by atoms with Crippen LogP contribution in [0.15, 0.2) is 40.8 Å². The topological polar surface area (TPSA) is 73.6 Å². The first kappa shape index (κ1) is 22.4. The van der Waals surface area contributed by atoms with E-state index in [1.165, 1.54) is 19.1 Å². The predicted octanol–water partition coefficient (Wildman–Crippen LogP) is 4.87. The molecule has 0 saturated carbocycles. The van der Waals surface area contributed by atoms with Crippen molar-refractivity contribution in [1.82, 2.24) is 10.3 Å². The quantitative estimate of drug-likeness (QED) is 0.506. The smallest absolute Gasteiger partial charge is 0.392 e. The maximum absolute atomic E-state index is 14.2. The summed E-state index contributed by atoms with van der Waals surface area (Å²) < 4.78 is 67.0. The molecule has 2 aromatic carbocycles. The number of oxazole rings is 1. The lowest BCUT2D eigenvalue weighted by molar-refractivity contribution is -0.139. The van der Waals surface area contributed by atoms with E-state index in [2.05, 4.69) is 10.3 Å². The van der Waals surface area contributed by atoms with Crippen LogP contribution in [-0.4, -0.2) is 36.3 Å². The molecule has 1 N–H and O–H groups in total. The number of hydrogen-bond acceptors (Lipinski definition) is 5. The van der Waals surface area contributed by atoms with E-state index >= 15 is 0 Å². The van der Waals surface area contributed by atoms with Gasteiger partial charge in [-0.15, -0.1) is 0 Å². The number of rotatable bonds is 8. The van der Waals surface area contributed by atoms with Crippen LogP contribution in [0.25, 0.3) is 22.6 Å². The first-order valence-electron chi connectivity index (χ1n) is 9.41. The second kappa shape index (κ2) is 9.23. The van der Waals surface area contributed by atoms with Gasteiger partial charge in [0.05, 0.1) is 19.1 Å². The van der Waals surface area contributed by atoms with E-state index in [-0.39, 0.29) is 30.2 Å². The van der Waals surface area contributed by atoms with Gasteiger partial charge in [0, 0.05) is 18.6 Å². The summed E-state index contributed by atoms with van der Waals surface area (Å²) >= 11 is 0. The van der Waals surface area contributed by atoms with Gasteiger partial charge in [0.15, 0.2) is 17.1 Å². The Hall–Kier alpha value is -3.30. The summed E-state index contributed by atoms with van der Waals surface area (Å²) in [5.41, 5.74) is 1.23. The number of ether oxygens (including phenoxy) is 2. The Kier molecular flexibility index (Phi) is 6.67. The highest BCUT2D eigenvalue weighted by molar-refractivity contribution is 5.77. The second-order valence-electron chi connectivity index (χ2n) is 6.92. The van der Waals surface area contributed by atoms with Gasteiger partial charge in [-0.1, -0.05) is 0 Å². The number of amides is 1. The van der Waals surface area contributed by atoms with Crippen molar-refractivity contribution in [2.24, 2.45) is 0 Å². The minimum Gasteiger partial charge on any atom is -0.491 e. The van der Waals surface area contributed by atoms with Crippen LogP contribution in [0.3, 0.4) is 0 Å². The summed E-state index contributed by atoms with van der Waals surface area (Å²) in [5.74, 6) is -0.618. The van der Waals surface area contributed by atoms with Crippen molar-refractivity contribution < 1.29 is 36.2 Å². The largest absolute Gasteiger partial charge is 0.491 e. The molecule has 166 valence electrons. The van der Waals surface area contributed by atoms with Gasteiger partial charge < -0.3 is 19.2 Å². The summed E-state index contributed by atoms with van der Waals surface area (Å²) in [7, 11) is 0. The van der Waals surface area contributed by atoms with Gasteiger partial charge in [-0.3, -0.25) is 4.79 Å². The fourth-order valence-electron chi connectivity index (χ4n) is 2.76. The molecule has 3 aromatic rings. The molecule has 0 radical (unpaired) electrons.